The van der Waals surface area contributed by atoms with Gasteiger partial charge in [-0.15, -0.1) is 0 Å². The molecular weight excluding hydrogens is 378 g/mol. The molecule has 1 aliphatic heterocycles. The van der Waals surface area contributed by atoms with Crippen molar-refractivity contribution in [2.75, 3.05) is 11.4 Å². The lowest BCUT2D eigenvalue weighted by Crippen LogP contribution is -2.35. The molecule has 3 aromatic rings. The van der Waals surface area contributed by atoms with E-state index in [0.29, 0.717) is 18.4 Å². The minimum Gasteiger partial charge on any atom is -0.443 e. The number of anilines is 1. The molecule has 0 saturated heterocycles. The summed E-state index contributed by atoms with van der Waals surface area (Å²) < 4.78 is 5.53. The molecule has 0 atom stereocenters. The van der Waals surface area contributed by atoms with Gasteiger partial charge in [-0.05, 0) is 81.5 Å². The average Bonchev–Trinajstić information content (AvgIpc) is 3.08. The molecule has 1 aromatic heterocycles. The highest BCUT2D eigenvalue weighted by molar-refractivity contribution is 5.90. The Bertz CT molecular complexity index is 1200. The lowest BCUT2D eigenvalue weighted by Gasteiger charge is -2.24. The Morgan fingerprint density at radius 2 is 1.83 bits per heavy atom. The predicted octanol–water partition coefficient (Wildman–Crippen LogP) is 4.43. The Hall–Kier alpha value is -3.15. The standard InChI is InChI=1S/C24H27N3O3/c1-14-10-18-19(11-15(14)2)22(28)26-25-20(18)13-16-6-7-21-17(12-16)8-9-27(21)23(29)30-24(3,4)5/h6-7,10-12H,8-9,13H2,1-5H3,(H,26,28). The Balaban J connectivity index is 1.64. The van der Waals surface area contributed by atoms with Gasteiger partial charge in [0.15, 0.2) is 0 Å². The number of fused-ring (bicyclic) bond motifs is 2. The predicted molar refractivity (Wildman–Crippen MR) is 118 cm³/mol. The molecule has 1 amide bonds. The molecule has 1 N–H and O–H groups in total. The molecule has 30 heavy (non-hydrogen) atoms. The topological polar surface area (TPSA) is 75.3 Å². The number of carbonyl (C=O) groups is 1. The van der Waals surface area contributed by atoms with Crippen molar-refractivity contribution >= 4 is 22.6 Å². The van der Waals surface area contributed by atoms with Gasteiger partial charge in [0, 0.05) is 18.4 Å². The quantitative estimate of drug-likeness (QED) is 0.684. The second kappa shape index (κ2) is 7.27. The summed E-state index contributed by atoms with van der Waals surface area (Å²) in [6, 6.07) is 10.1. The van der Waals surface area contributed by atoms with Crippen LogP contribution in [0.3, 0.4) is 0 Å². The van der Waals surface area contributed by atoms with Gasteiger partial charge < -0.3 is 4.74 Å². The number of hydrogen-bond donors (Lipinski definition) is 1. The Kier molecular flexibility index (Phi) is 4.88. The summed E-state index contributed by atoms with van der Waals surface area (Å²) in [5.41, 5.74) is 5.50. The van der Waals surface area contributed by atoms with Crippen molar-refractivity contribution in [1.29, 1.82) is 0 Å². The largest absolute Gasteiger partial charge is 0.443 e. The molecule has 0 unspecified atom stereocenters. The van der Waals surface area contributed by atoms with Crippen molar-refractivity contribution in [2.24, 2.45) is 0 Å². The molecule has 2 aromatic carbocycles. The summed E-state index contributed by atoms with van der Waals surface area (Å²) in [5.74, 6) is 0. The van der Waals surface area contributed by atoms with Gasteiger partial charge in [-0.1, -0.05) is 12.1 Å². The van der Waals surface area contributed by atoms with Gasteiger partial charge in [0.05, 0.1) is 16.8 Å². The first-order valence-electron chi connectivity index (χ1n) is 10.2. The van der Waals surface area contributed by atoms with Crippen LogP contribution in [0.1, 0.15) is 48.7 Å². The maximum Gasteiger partial charge on any atom is 0.414 e. The van der Waals surface area contributed by atoms with Gasteiger partial charge >= 0.3 is 6.09 Å². The van der Waals surface area contributed by atoms with Gasteiger partial charge in [0.2, 0.25) is 0 Å². The third-order valence-electron chi connectivity index (χ3n) is 5.51. The minimum atomic E-state index is -0.521. The molecule has 156 valence electrons. The smallest absolute Gasteiger partial charge is 0.414 e. The van der Waals surface area contributed by atoms with E-state index in [2.05, 4.69) is 16.3 Å². The number of carbonyl (C=O) groups excluding carboxylic acids is 1. The fourth-order valence-corrected chi connectivity index (χ4v) is 3.88. The van der Waals surface area contributed by atoms with Crippen LogP contribution in [0.4, 0.5) is 10.5 Å². The zero-order chi connectivity index (χ0) is 21.6. The maximum atomic E-state index is 12.5. The van der Waals surface area contributed by atoms with Crippen LogP contribution in [0.5, 0.6) is 0 Å². The summed E-state index contributed by atoms with van der Waals surface area (Å²) >= 11 is 0. The van der Waals surface area contributed by atoms with E-state index in [9.17, 15) is 9.59 Å². The van der Waals surface area contributed by atoms with Crippen LogP contribution in [0.15, 0.2) is 35.1 Å². The molecule has 2 heterocycles. The number of benzene rings is 2. The van der Waals surface area contributed by atoms with E-state index in [1.807, 2.05) is 58.9 Å². The summed E-state index contributed by atoms with van der Waals surface area (Å²) in [5, 5.41) is 8.51. The van der Waals surface area contributed by atoms with E-state index in [1.54, 1.807) is 4.90 Å². The summed E-state index contributed by atoms with van der Waals surface area (Å²) in [6.45, 7) is 10.3. The van der Waals surface area contributed by atoms with Crippen molar-refractivity contribution in [3.63, 3.8) is 0 Å². The highest BCUT2D eigenvalue weighted by Gasteiger charge is 2.29. The van der Waals surface area contributed by atoms with Crippen molar-refractivity contribution in [1.82, 2.24) is 10.2 Å². The number of amides is 1. The molecule has 0 radical (unpaired) electrons. The molecule has 6 nitrogen and oxygen atoms in total. The van der Waals surface area contributed by atoms with Crippen molar-refractivity contribution < 1.29 is 9.53 Å². The van der Waals surface area contributed by atoms with Crippen molar-refractivity contribution in [3.05, 3.63) is 68.6 Å². The summed E-state index contributed by atoms with van der Waals surface area (Å²) in [6.07, 6.45) is 1.09. The first kappa shape index (κ1) is 20.1. The molecule has 0 fully saturated rings. The van der Waals surface area contributed by atoms with E-state index < -0.39 is 5.60 Å². The second-order valence-corrected chi connectivity index (χ2v) is 9.00. The first-order valence-corrected chi connectivity index (χ1v) is 10.2. The Morgan fingerprint density at radius 3 is 2.53 bits per heavy atom. The molecule has 0 bridgehead atoms. The van der Waals surface area contributed by atoms with Crippen LogP contribution >= 0.6 is 0 Å². The highest BCUT2D eigenvalue weighted by atomic mass is 16.6. The molecule has 6 heteroatoms. The summed E-state index contributed by atoms with van der Waals surface area (Å²) in [4.78, 5) is 26.4. The van der Waals surface area contributed by atoms with Crippen LogP contribution in [0, 0.1) is 13.8 Å². The highest BCUT2D eigenvalue weighted by Crippen LogP contribution is 2.31. The molecule has 4 rings (SSSR count). The summed E-state index contributed by atoms with van der Waals surface area (Å²) in [7, 11) is 0. The molecule has 0 spiro atoms. The van der Waals surface area contributed by atoms with E-state index in [4.69, 9.17) is 4.74 Å². The SMILES string of the molecule is Cc1cc2c(Cc3ccc4c(c3)CCN4C(=O)OC(C)(C)C)n[nH]c(=O)c2cc1C. The van der Waals surface area contributed by atoms with Gasteiger partial charge in [-0.25, -0.2) is 9.89 Å². The number of H-pyrrole nitrogens is 1. The number of hydrogen-bond acceptors (Lipinski definition) is 4. The lowest BCUT2D eigenvalue weighted by atomic mass is 9.99. The zero-order valence-electron chi connectivity index (χ0n) is 18.1. The number of aryl methyl sites for hydroxylation is 2. The fraction of sp³-hybridized carbons (Fsp3) is 0.375. The minimum absolute atomic E-state index is 0.168. The molecular formula is C24H27N3O3. The molecule has 0 saturated carbocycles. The Labute approximate surface area is 175 Å². The van der Waals surface area contributed by atoms with E-state index in [0.717, 1.165) is 45.4 Å². The Morgan fingerprint density at radius 1 is 1.13 bits per heavy atom. The number of aromatic amines is 1. The average molecular weight is 405 g/mol. The fourth-order valence-electron chi connectivity index (χ4n) is 3.88. The van der Waals surface area contributed by atoms with Gasteiger partial charge in [0.25, 0.3) is 5.56 Å². The number of nitrogens with zero attached hydrogens (tertiary/aromatic N) is 2. The van der Waals surface area contributed by atoms with Crippen LogP contribution in [0.25, 0.3) is 10.8 Å². The second-order valence-electron chi connectivity index (χ2n) is 9.00. The van der Waals surface area contributed by atoms with Gasteiger partial charge in [0.1, 0.15) is 5.60 Å². The first-order chi connectivity index (χ1) is 14.1. The van der Waals surface area contributed by atoms with Gasteiger partial charge in [-0.2, -0.15) is 5.10 Å². The molecule has 0 aliphatic carbocycles. The zero-order valence-corrected chi connectivity index (χ0v) is 18.1. The van der Waals surface area contributed by atoms with Gasteiger partial charge in [-0.3, -0.25) is 9.69 Å². The van der Waals surface area contributed by atoms with Crippen LogP contribution in [-0.4, -0.2) is 28.4 Å². The number of nitrogens with one attached hydrogen (secondary N) is 1. The number of rotatable bonds is 2. The van der Waals surface area contributed by atoms with Crippen molar-refractivity contribution in [3.8, 4) is 0 Å². The van der Waals surface area contributed by atoms with Crippen LogP contribution in [-0.2, 0) is 17.6 Å². The molecule has 1 aliphatic rings. The lowest BCUT2D eigenvalue weighted by molar-refractivity contribution is 0.0584. The van der Waals surface area contributed by atoms with E-state index in [1.165, 1.54) is 0 Å². The normalized spacial score (nSPS) is 13.6. The van der Waals surface area contributed by atoms with Crippen LogP contribution in [0.2, 0.25) is 0 Å². The van der Waals surface area contributed by atoms with E-state index >= 15 is 0 Å². The number of aromatic nitrogens is 2. The third-order valence-corrected chi connectivity index (χ3v) is 5.51. The van der Waals surface area contributed by atoms with Crippen LogP contribution < -0.4 is 10.5 Å². The third kappa shape index (κ3) is 3.82. The van der Waals surface area contributed by atoms with E-state index in [-0.39, 0.29) is 11.7 Å². The van der Waals surface area contributed by atoms with Crippen molar-refractivity contribution in [2.45, 2.75) is 53.1 Å². The maximum absolute atomic E-state index is 12.5. The number of ether oxygens (including phenoxy) is 1. The monoisotopic (exact) mass is 405 g/mol.